The Bertz CT molecular complexity index is 1030. The molecule has 152 valence electrons. The molecule has 1 saturated heterocycles. The van der Waals surface area contributed by atoms with Crippen LogP contribution in [0, 0.1) is 19.8 Å². The van der Waals surface area contributed by atoms with Crippen molar-refractivity contribution in [2.45, 2.75) is 39.7 Å². The summed E-state index contributed by atoms with van der Waals surface area (Å²) in [6.07, 6.45) is 5.46. The minimum Gasteiger partial charge on any atom is -0.361 e. The Morgan fingerprint density at radius 1 is 1.24 bits per heavy atom. The first-order valence-electron chi connectivity index (χ1n) is 9.79. The molecule has 9 nitrogen and oxygen atoms in total. The second-order valence-corrected chi connectivity index (χ2v) is 7.47. The molecule has 0 radical (unpaired) electrons. The van der Waals surface area contributed by atoms with E-state index < -0.39 is 0 Å². The summed E-state index contributed by atoms with van der Waals surface area (Å²) in [5.41, 5.74) is 1.52. The zero-order valence-electron chi connectivity index (χ0n) is 16.6. The summed E-state index contributed by atoms with van der Waals surface area (Å²) >= 11 is 0. The van der Waals surface area contributed by atoms with E-state index in [9.17, 15) is 9.59 Å². The topological polar surface area (TPSA) is 99.1 Å². The molecule has 9 heteroatoms. The number of likely N-dealkylation sites (tertiary alicyclic amines) is 1. The Balaban J connectivity index is 1.36. The Morgan fingerprint density at radius 3 is 2.69 bits per heavy atom. The van der Waals surface area contributed by atoms with Crippen LogP contribution >= 0.6 is 0 Å². The van der Waals surface area contributed by atoms with Crippen LogP contribution in [-0.4, -0.2) is 48.6 Å². The Hall–Kier alpha value is -3.23. The van der Waals surface area contributed by atoms with Gasteiger partial charge in [0.15, 0.2) is 5.82 Å². The Labute approximate surface area is 167 Å². The fourth-order valence-corrected chi connectivity index (χ4v) is 3.72. The number of aromatic nitrogens is 5. The second-order valence-electron chi connectivity index (χ2n) is 7.47. The van der Waals surface area contributed by atoms with Crippen molar-refractivity contribution in [3.05, 3.63) is 58.0 Å². The smallest absolute Gasteiger partial charge is 0.266 e. The van der Waals surface area contributed by atoms with E-state index in [0.717, 1.165) is 24.1 Å². The number of rotatable bonds is 5. The number of carbonyl (C=O) groups excluding carboxylic acids is 1. The van der Waals surface area contributed by atoms with Gasteiger partial charge in [-0.2, -0.15) is 5.10 Å². The number of carbonyl (C=O) groups is 1. The van der Waals surface area contributed by atoms with E-state index in [-0.39, 0.29) is 11.5 Å². The molecule has 3 aromatic heterocycles. The van der Waals surface area contributed by atoms with Crippen molar-refractivity contribution >= 4 is 5.91 Å². The molecule has 4 heterocycles. The minimum atomic E-state index is -0.127. The van der Waals surface area contributed by atoms with Crippen LogP contribution in [0.3, 0.4) is 0 Å². The van der Waals surface area contributed by atoms with Crippen molar-refractivity contribution in [3.8, 4) is 5.82 Å². The van der Waals surface area contributed by atoms with Gasteiger partial charge in [0.1, 0.15) is 5.76 Å². The van der Waals surface area contributed by atoms with Crippen molar-refractivity contribution in [1.29, 1.82) is 0 Å². The summed E-state index contributed by atoms with van der Waals surface area (Å²) in [5.74, 6) is 1.71. The van der Waals surface area contributed by atoms with E-state index in [1.54, 1.807) is 23.1 Å². The maximum atomic E-state index is 12.6. The summed E-state index contributed by atoms with van der Waals surface area (Å²) in [7, 11) is 0. The van der Waals surface area contributed by atoms with Gasteiger partial charge in [-0.1, -0.05) is 5.16 Å². The van der Waals surface area contributed by atoms with Crippen LogP contribution in [0.2, 0.25) is 0 Å². The highest BCUT2D eigenvalue weighted by Crippen LogP contribution is 2.21. The predicted molar refractivity (Wildman–Crippen MR) is 105 cm³/mol. The standard InChI is InChI=1S/C20H24N6O3/c1-14-17(15(2)29-23-14)12-20(28)24-10-6-16(7-11-24)13-26-19(27)5-4-18(22-26)25-9-3-8-21-25/h3-5,8-9,16H,6-7,10-13H2,1-2H3. The summed E-state index contributed by atoms with van der Waals surface area (Å²) in [6, 6.07) is 5.00. The average Bonchev–Trinajstić information content (AvgIpc) is 3.36. The lowest BCUT2D eigenvalue weighted by molar-refractivity contribution is -0.131. The van der Waals surface area contributed by atoms with Gasteiger partial charge in [0.05, 0.1) is 12.1 Å². The molecule has 0 N–H and O–H groups in total. The van der Waals surface area contributed by atoms with Gasteiger partial charge in [-0.05, 0) is 44.7 Å². The summed E-state index contributed by atoms with van der Waals surface area (Å²) < 4.78 is 8.28. The molecular weight excluding hydrogens is 372 g/mol. The molecule has 1 aliphatic rings. The number of amides is 1. The second kappa shape index (κ2) is 8.02. The van der Waals surface area contributed by atoms with Crippen LogP contribution in [0.15, 0.2) is 39.9 Å². The lowest BCUT2D eigenvalue weighted by atomic mass is 9.96. The third-order valence-corrected chi connectivity index (χ3v) is 5.50. The van der Waals surface area contributed by atoms with Crippen LogP contribution in [0.25, 0.3) is 5.82 Å². The van der Waals surface area contributed by atoms with Crippen LogP contribution in [0.5, 0.6) is 0 Å². The van der Waals surface area contributed by atoms with Crippen LogP contribution in [0.4, 0.5) is 0 Å². The molecule has 1 amide bonds. The van der Waals surface area contributed by atoms with E-state index in [1.807, 2.05) is 24.8 Å². The van der Waals surface area contributed by atoms with Crippen molar-refractivity contribution in [3.63, 3.8) is 0 Å². The quantitative estimate of drug-likeness (QED) is 0.648. The SMILES string of the molecule is Cc1noc(C)c1CC(=O)N1CCC(Cn2nc(-n3cccn3)ccc2=O)CC1. The summed E-state index contributed by atoms with van der Waals surface area (Å²) in [5, 5.41) is 12.5. The van der Waals surface area contributed by atoms with E-state index in [4.69, 9.17) is 4.52 Å². The highest BCUT2D eigenvalue weighted by atomic mass is 16.5. The molecule has 0 unspecified atom stereocenters. The molecule has 4 rings (SSSR count). The average molecular weight is 396 g/mol. The Kier molecular flexibility index (Phi) is 5.28. The molecule has 0 aliphatic carbocycles. The molecule has 1 fully saturated rings. The molecule has 29 heavy (non-hydrogen) atoms. The fraction of sp³-hybridized carbons (Fsp3) is 0.450. The number of piperidine rings is 1. The molecule has 0 spiro atoms. The van der Waals surface area contributed by atoms with E-state index in [2.05, 4.69) is 15.4 Å². The monoisotopic (exact) mass is 396 g/mol. The van der Waals surface area contributed by atoms with E-state index in [1.165, 1.54) is 10.7 Å². The summed E-state index contributed by atoms with van der Waals surface area (Å²) in [4.78, 5) is 26.8. The fourth-order valence-electron chi connectivity index (χ4n) is 3.72. The summed E-state index contributed by atoms with van der Waals surface area (Å²) in [6.45, 7) is 5.59. The van der Waals surface area contributed by atoms with Crippen LogP contribution in [0.1, 0.15) is 29.9 Å². The van der Waals surface area contributed by atoms with Gasteiger partial charge in [-0.15, -0.1) is 5.10 Å². The molecular formula is C20H24N6O3. The number of hydrogen-bond donors (Lipinski definition) is 0. The number of nitrogens with zero attached hydrogens (tertiary/aromatic N) is 6. The lowest BCUT2D eigenvalue weighted by Gasteiger charge is -2.32. The lowest BCUT2D eigenvalue weighted by Crippen LogP contribution is -2.41. The van der Waals surface area contributed by atoms with Gasteiger partial charge in [-0.3, -0.25) is 9.59 Å². The van der Waals surface area contributed by atoms with Gasteiger partial charge in [0.2, 0.25) is 5.91 Å². The molecule has 0 bridgehead atoms. The van der Waals surface area contributed by atoms with E-state index >= 15 is 0 Å². The van der Waals surface area contributed by atoms with Crippen molar-refractivity contribution < 1.29 is 9.32 Å². The molecule has 3 aromatic rings. The van der Waals surface area contributed by atoms with Gasteiger partial charge in [0, 0.05) is 43.7 Å². The maximum absolute atomic E-state index is 12.6. The minimum absolute atomic E-state index is 0.0915. The normalized spacial score (nSPS) is 15.0. The molecule has 0 aromatic carbocycles. The van der Waals surface area contributed by atoms with Crippen molar-refractivity contribution in [2.75, 3.05) is 13.1 Å². The van der Waals surface area contributed by atoms with Crippen LogP contribution < -0.4 is 5.56 Å². The first-order chi connectivity index (χ1) is 14.0. The van der Waals surface area contributed by atoms with Gasteiger partial charge < -0.3 is 9.42 Å². The third kappa shape index (κ3) is 4.13. The van der Waals surface area contributed by atoms with Crippen molar-refractivity contribution in [2.24, 2.45) is 5.92 Å². The molecule has 1 aliphatic heterocycles. The van der Waals surface area contributed by atoms with Gasteiger partial charge in [0.25, 0.3) is 5.56 Å². The number of aryl methyl sites for hydroxylation is 2. The largest absolute Gasteiger partial charge is 0.361 e. The predicted octanol–water partition coefficient (Wildman–Crippen LogP) is 1.52. The van der Waals surface area contributed by atoms with Crippen LogP contribution in [-0.2, 0) is 17.8 Å². The number of hydrogen-bond acceptors (Lipinski definition) is 6. The first-order valence-corrected chi connectivity index (χ1v) is 9.79. The van der Waals surface area contributed by atoms with Gasteiger partial charge in [-0.25, -0.2) is 9.36 Å². The molecule has 0 saturated carbocycles. The Morgan fingerprint density at radius 2 is 2.03 bits per heavy atom. The third-order valence-electron chi connectivity index (χ3n) is 5.50. The highest BCUT2D eigenvalue weighted by molar-refractivity contribution is 5.79. The maximum Gasteiger partial charge on any atom is 0.266 e. The van der Waals surface area contributed by atoms with Crippen molar-refractivity contribution in [1.82, 2.24) is 29.6 Å². The van der Waals surface area contributed by atoms with E-state index in [0.29, 0.717) is 43.6 Å². The zero-order valence-corrected chi connectivity index (χ0v) is 16.6. The van der Waals surface area contributed by atoms with Gasteiger partial charge >= 0.3 is 0 Å². The zero-order chi connectivity index (χ0) is 20.4. The first kappa shape index (κ1) is 19.1. The highest BCUT2D eigenvalue weighted by Gasteiger charge is 2.25. The molecule has 0 atom stereocenters.